The first-order valence-corrected chi connectivity index (χ1v) is 5.75. The van der Waals surface area contributed by atoms with Crippen LogP contribution in [0.3, 0.4) is 0 Å². The molecule has 0 spiro atoms. The monoisotopic (exact) mass is 211 g/mol. The minimum absolute atomic E-state index is 0.538. The van der Waals surface area contributed by atoms with E-state index in [2.05, 4.69) is 10.2 Å². The van der Waals surface area contributed by atoms with E-state index in [1.807, 2.05) is 4.57 Å². The Morgan fingerprint density at radius 3 is 2.43 bits per heavy atom. The van der Waals surface area contributed by atoms with Crippen LogP contribution >= 0.6 is 11.6 Å². The number of hydrogen-bond acceptors (Lipinski definition) is 2. The fourth-order valence-electron chi connectivity index (χ4n) is 2.32. The highest BCUT2D eigenvalue weighted by molar-refractivity contribution is 6.28. The molecule has 0 bridgehead atoms. The lowest BCUT2D eigenvalue weighted by molar-refractivity contribution is 0.349. The Labute approximate surface area is 88.5 Å². The molecule has 0 unspecified atom stereocenters. The molecule has 3 rings (SSSR count). The van der Waals surface area contributed by atoms with E-state index in [-0.39, 0.29) is 0 Å². The molecule has 14 heavy (non-hydrogen) atoms. The van der Waals surface area contributed by atoms with Gasteiger partial charge in [-0.1, -0.05) is 0 Å². The van der Waals surface area contributed by atoms with E-state index in [0.717, 1.165) is 24.3 Å². The number of halogens is 1. The van der Waals surface area contributed by atoms with Gasteiger partial charge in [0.2, 0.25) is 5.28 Å². The minimum atomic E-state index is 0.538. The smallest absolute Gasteiger partial charge is 0.224 e. The molecule has 0 atom stereocenters. The summed E-state index contributed by atoms with van der Waals surface area (Å²) in [5.41, 5.74) is 0. The highest BCUT2D eigenvalue weighted by Crippen LogP contribution is 2.49. The Balaban J connectivity index is 1.71. The van der Waals surface area contributed by atoms with Gasteiger partial charge in [0.05, 0.1) is 0 Å². The van der Waals surface area contributed by atoms with Crippen LogP contribution in [0.25, 0.3) is 0 Å². The van der Waals surface area contributed by atoms with E-state index in [1.54, 1.807) is 6.33 Å². The third kappa shape index (κ3) is 1.65. The largest absolute Gasteiger partial charge is 0.304 e. The van der Waals surface area contributed by atoms with Gasteiger partial charge < -0.3 is 4.57 Å². The molecule has 0 aromatic carbocycles. The van der Waals surface area contributed by atoms with E-state index < -0.39 is 0 Å². The number of rotatable bonds is 4. The summed E-state index contributed by atoms with van der Waals surface area (Å²) in [5.74, 6) is 2.76. The van der Waals surface area contributed by atoms with Gasteiger partial charge in [0.1, 0.15) is 6.33 Å². The van der Waals surface area contributed by atoms with E-state index in [1.165, 1.54) is 25.7 Å². The summed E-state index contributed by atoms with van der Waals surface area (Å²) in [6, 6.07) is 0. The van der Waals surface area contributed by atoms with Crippen molar-refractivity contribution in [3.8, 4) is 0 Å². The average molecular weight is 212 g/mol. The summed E-state index contributed by atoms with van der Waals surface area (Å²) < 4.78 is 1.99. The number of hydrogen-bond donors (Lipinski definition) is 0. The van der Waals surface area contributed by atoms with Crippen molar-refractivity contribution in [3.63, 3.8) is 0 Å². The predicted molar refractivity (Wildman–Crippen MR) is 54.0 cm³/mol. The van der Waals surface area contributed by atoms with Crippen LogP contribution in [0.2, 0.25) is 5.28 Å². The summed E-state index contributed by atoms with van der Waals surface area (Å²) in [4.78, 5) is 0. The molecule has 1 aromatic rings. The van der Waals surface area contributed by atoms with Crippen molar-refractivity contribution >= 4 is 11.6 Å². The summed E-state index contributed by atoms with van der Waals surface area (Å²) in [6.07, 6.45) is 7.42. The van der Waals surface area contributed by atoms with Crippen molar-refractivity contribution in [2.45, 2.75) is 32.2 Å². The maximum atomic E-state index is 5.92. The Bertz CT molecular complexity index is 316. The lowest BCUT2D eigenvalue weighted by atomic mass is 9.98. The first-order chi connectivity index (χ1) is 6.84. The zero-order valence-corrected chi connectivity index (χ0v) is 8.82. The molecule has 76 valence electrons. The van der Waals surface area contributed by atoms with Gasteiger partial charge in [-0.3, -0.25) is 0 Å². The van der Waals surface area contributed by atoms with Crippen molar-refractivity contribution in [3.05, 3.63) is 11.6 Å². The molecule has 0 radical (unpaired) electrons. The third-order valence-electron chi connectivity index (χ3n) is 3.43. The highest BCUT2D eigenvalue weighted by atomic mass is 35.5. The molecule has 2 fully saturated rings. The molecule has 0 N–H and O–H groups in total. The second kappa shape index (κ2) is 3.23. The molecule has 4 heteroatoms. The first kappa shape index (κ1) is 8.72. The SMILES string of the molecule is Clc1nncn1CC(C1CC1)C1CC1. The van der Waals surface area contributed by atoms with Crippen LogP contribution in [0.5, 0.6) is 0 Å². The van der Waals surface area contributed by atoms with Crippen LogP contribution in [0.1, 0.15) is 25.7 Å². The van der Waals surface area contributed by atoms with Crippen molar-refractivity contribution in [1.82, 2.24) is 14.8 Å². The zero-order chi connectivity index (χ0) is 9.54. The quantitative estimate of drug-likeness (QED) is 0.766. The second-order valence-corrected chi connectivity index (χ2v) is 4.93. The molecular weight excluding hydrogens is 198 g/mol. The minimum Gasteiger partial charge on any atom is -0.304 e. The first-order valence-electron chi connectivity index (χ1n) is 5.38. The van der Waals surface area contributed by atoms with Gasteiger partial charge in [0, 0.05) is 6.54 Å². The van der Waals surface area contributed by atoms with Gasteiger partial charge in [-0.25, -0.2) is 0 Å². The fraction of sp³-hybridized carbons (Fsp3) is 0.800. The molecular formula is C10H14ClN3. The fourth-order valence-corrected chi connectivity index (χ4v) is 2.48. The van der Waals surface area contributed by atoms with Gasteiger partial charge >= 0.3 is 0 Å². The van der Waals surface area contributed by atoms with E-state index >= 15 is 0 Å². The topological polar surface area (TPSA) is 30.7 Å². The Morgan fingerprint density at radius 1 is 1.36 bits per heavy atom. The summed E-state index contributed by atoms with van der Waals surface area (Å²) >= 11 is 5.92. The standard InChI is InChI=1S/C10H14ClN3/c11-10-13-12-6-14(10)5-9(7-1-2-7)8-3-4-8/h6-9H,1-5H2. The lowest BCUT2D eigenvalue weighted by Crippen LogP contribution is -2.14. The van der Waals surface area contributed by atoms with Crippen LogP contribution in [0.15, 0.2) is 6.33 Å². The Hall–Kier alpha value is -0.570. The molecule has 0 saturated heterocycles. The van der Waals surface area contributed by atoms with Gasteiger partial charge in [-0.05, 0) is 55.0 Å². The van der Waals surface area contributed by atoms with Crippen molar-refractivity contribution in [1.29, 1.82) is 0 Å². The van der Waals surface area contributed by atoms with E-state index in [0.29, 0.717) is 5.28 Å². The normalized spacial score (nSPS) is 21.9. The van der Waals surface area contributed by atoms with Gasteiger partial charge in [0.25, 0.3) is 0 Å². The van der Waals surface area contributed by atoms with Crippen LogP contribution in [0, 0.1) is 17.8 Å². The van der Waals surface area contributed by atoms with Crippen LogP contribution in [0.4, 0.5) is 0 Å². The maximum Gasteiger partial charge on any atom is 0.224 e. The zero-order valence-electron chi connectivity index (χ0n) is 8.06. The molecule has 1 heterocycles. The van der Waals surface area contributed by atoms with Gasteiger partial charge in [-0.2, -0.15) is 0 Å². The van der Waals surface area contributed by atoms with Crippen LogP contribution in [-0.2, 0) is 6.54 Å². The summed E-state index contributed by atoms with van der Waals surface area (Å²) in [7, 11) is 0. The average Bonchev–Trinajstić information content (AvgIpc) is 3.05. The maximum absolute atomic E-state index is 5.92. The molecule has 2 aliphatic rings. The second-order valence-electron chi connectivity index (χ2n) is 4.59. The lowest BCUT2D eigenvalue weighted by Gasteiger charge is -2.15. The molecule has 2 saturated carbocycles. The third-order valence-corrected chi connectivity index (χ3v) is 3.72. The van der Waals surface area contributed by atoms with Crippen LogP contribution < -0.4 is 0 Å². The molecule has 2 aliphatic carbocycles. The Kier molecular flexibility index (Phi) is 2.01. The highest BCUT2D eigenvalue weighted by Gasteiger charge is 2.41. The number of aromatic nitrogens is 3. The molecule has 3 nitrogen and oxygen atoms in total. The number of nitrogens with zero attached hydrogens (tertiary/aromatic N) is 3. The van der Waals surface area contributed by atoms with E-state index in [4.69, 9.17) is 11.6 Å². The molecule has 1 aromatic heterocycles. The van der Waals surface area contributed by atoms with E-state index in [9.17, 15) is 0 Å². The van der Waals surface area contributed by atoms with Crippen molar-refractivity contribution in [2.75, 3.05) is 0 Å². The van der Waals surface area contributed by atoms with Gasteiger partial charge in [-0.15, -0.1) is 10.2 Å². The van der Waals surface area contributed by atoms with Gasteiger partial charge in [0.15, 0.2) is 0 Å². The van der Waals surface area contributed by atoms with Crippen molar-refractivity contribution < 1.29 is 0 Å². The molecule has 0 aliphatic heterocycles. The molecule has 0 amide bonds. The van der Waals surface area contributed by atoms with Crippen LogP contribution in [-0.4, -0.2) is 14.8 Å². The van der Waals surface area contributed by atoms with Crippen molar-refractivity contribution in [2.24, 2.45) is 17.8 Å². The summed E-state index contributed by atoms with van der Waals surface area (Å²) in [5, 5.41) is 8.16. The Morgan fingerprint density at radius 2 is 2.00 bits per heavy atom. The predicted octanol–water partition coefficient (Wildman–Crippen LogP) is 2.37. The summed E-state index contributed by atoms with van der Waals surface area (Å²) in [6.45, 7) is 1.03.